The molecule has 2 rings (SSSR count). The maximum atomic E-state index is 4.15. The summed E-state index contributed by atoms with van der Waals surface area (Å²) < 4.78 is 0. The van der Waals surface area contributed by atoms with Gasteiger partial charge in [0.2, 0.25) is 0 Å². The van der Waals surface area contributed by atoms with Crippen LogP contribution in [0, 0.1) is 0 Å². The van der Waals surface area contributed by atoms with E-state index in [-0.39, 0.29) is 0 Å². The van der Waals surface area contributed by atoms with E-state index in [9.17, 15) is 0 Å². The SMILES string of the molecule is CC(C)N1CCC[C@H]1c1cn[nH]n1. The van der Waals surface area contributed by atoms with Crippen molar-refractivity contribution in [2.75, 3.05) is 6.54 Å². The zero-order chi connectivity index (χ0) is 9.26. The van der Waals surface area contributed by atoms with E-state index in [0.717, 1.165) is 5.69 Å². The molecule has 4 heteroatoms. The summed E-state index contributed by atoms with van der Waals surface area (Å²) in [6, 6.07) is 1.09. The van der Waals surface area contributed by atoms with E-state index < -0.39 is 0 Å². The summed E-state index contributed by atoms with van der Waals surface area (Å²) in [6.45, 7) is 5.66. The van der Waals surface area contributed by atoms with Gasteiger partial charge in [-0.3, -0.25) is 4.90 Å². The summed E-state index contributed by atoms with van der Waals surface area (Å²) in [7, 11) is 0. The molecule has 0 saturated carbocycles. The highest BCUT2D eigenvalue weighted by Crippen LogP contribution is 2.31. The second kappa shape index (κ2) is 3.46. The highest BCUT2D eigenvalue weighted by Gasteiger charge is 2.29. The van der Waals surface area contributed by atoms with E-state index in [0.29, 0.717) is 12.1 Å². The van der Waals surface area contributed by atoms with Gasteiger partial charge in [-0.05, 0) is 33.2 Å². The lowest BCUT2D eigenvalue weighted by Gasteiger charge is -2.26. The molecular formula is C9H16N4. The van der Waals surface area contributed by atoms with Crippen LogP contribution in [-0.2, 0) is 0 Å². The predicted molar refractivity (Wildman–Crippen MR) is 50.2 cm³/mol. The summed E-state index contributed by atoms with van der Waals surface area (Å²) in [6.07, 6.45) is 4.33. The first-order valence-electron chi connectivity index (χ1n) is 4.90. The molecule has 0 bridgehead atoms. The number of nitrogens with one attached hydrogen (secondary N) is 1. The van der Waals surface area contributed by atoms with E-state index in [2.05, 4.69) is 34.2 Å². The highest BCUT2D eigenvalue weighted by atomic mass is 15.3. The van der Waals surface area contributed by atoms with Crippen molar-refractivity contribution in [1.29, 1.82) is 0 Å². The molecule has 1 aliphatic rings. The van der Waals surface area contributed by atoms with Crippen LogP contribution in [0.1, 0.15) is 38.4 Å². The van der Waals surface area contributed by atoms with Crippen molar-refractivity contribution >= 4 is 0 Å². The van der Waals surface area contributed by atoms with Crippen LogP contribution >= 0.6 is 0 Å². The van der Waals surface area contributed by atoms with Gasteiger partial charge in [0.15, 0.2) is 0 Å². The zero-order valence-electron chi connectivity index (χ0n) is 8.20. The fraction of sp³-hybridized carbons (Fsp3) is 0.778. The second-order valence-corrected chi connectivity index (χ2v) is 3.88. The maximum Gasteiger partial charge on any atom is 0.0996 e. The Morgan fingerprint density at radius 2 is 2.46 bits per heavy atom. The molecule has 13 heavy (non-hydrogen) atoms. The number of rotatable bonds is 2. The molecule has 0 amide bonds. The monoisotopic (exact) mass is 180 g/mol. The smallest absolute Gasteiger partial charge is 0.0996 e. The molecule has 1 aromatic rings. The van der Waals surface area contributed by atoms with Crippen LogP contribution in [0.15, 0.2) is 6.20 Å². The highest BCUT2D eigenvalue weighted by molar-refractivity contribution is 5.03. The van der Waals surface area contributed by atoms with Gasteiger partial charge in [0.05, 0.1) is 17.9 Å². The van der Waals surface area contributed by atoms with Gasteiger partial charge in [-0.25, -0.2) is 0 Å². The first-order chi connectivity index (χ1) is 6.29. The van der Waals surface area contributed by atoms with E-state index in [1.54, 1.807) is 0 Å². The Kier molecular flexibility index (Phi) is 2.31. The number of hydrogen-bond donors (Lipinski definition) is 1. The third-order valence-electron chi connectivity index (χ3n) is 2.73. The molecule has 1 fully saturated rings. The van der Waals surface area contributed by atoms with Crippen molar-refractivity contribution in [3.63, 3.8) is 0 Å². The zero-order valence-corrected chi connectivity index (χ0v) is 8.20. The largest absolute Gasteiger partial charge is 0.292 e. The van der Waals surface area contributed by atoms with Crippen LogP contribution in [0.3, 0.4) is 0 Å². The predicted octanol–water partition coefficient (Wildman–Crippen LogP) is 1.35. The minimum atomic E-state index is 0.485. The average Bonchev–Trinajstić information content (AvgIpc) is 2.74. The lowest BCUT2D eigenvalue weighted by atomic mass is 10.1. The number of hydrogen-bond acceptors (Lipinski definition) is 3. The molecule has 0 unspecified atom stereocenters. The summed E-state index contributed by atoms with van der Waals surface area (Å²) in [4.78, 5) is 2.48. The van der Waals surface area contributed by atoms with Crippen molar-refractivity contribution in [3.05, 3.63) is 11.9 Å². The van der Waals surface area contributed by atoms with Crippen LogP contribution in [-0.4, -0.2) is 32.9 Å². The Hall–Kier alpha value is -0.900. The van der Waals surface area contributed by atoms with E-state index >= 15 is 0 Å². The molecule has 72 valence electrons. The average molecular weight is 180 g/mol. The molecule has 1 saturated heterocycles. The van der Waals surface area contributed by atoms with Gasteiger partial charge in [0, 0.05) is 6.04 Å². The first kappa shape index (κ1) is 8.69. The normalized spacial score (nSPS) is 24.4. The van der Waals surface area contributed by atoms with Crippen LogP contribution in [0.4, 0.5) is 0 Å². The summed E-state index contributed by atoms with van der Waals surface area (Å²) >= 11 is 0. The van der Waals surface area contributed by atoms with Gasteiger partial charge in [0.1, 0.15) is 0 Å². The minimum Gasteiger partial charge on any atom is -0.292 e. The molecular weight excluding hydrogens is 164 g/mol. The number of aromatic amines is 1. The molecule has 0 spiro atoms. The summed E-state index contributed by atoms with van der Waals surface area (Å²) in [5.41, 5.74) is 1.09. The Morgan fingerprint density at radius 3 is 3.08 bits per heavy atom. The summed E-state index contributed by atoms with van der Waals surface area (Å²) in [5, 5.41) is 10.7. The van der Waals surface area contributed by atoms with Gasteiger partial charge in [-0.1, -0.05) is 0 Å². The van der Waals surface area contributed by atoms with Crippen LogP contribution in [0.2, 0.25) is 0 Å². The van der Waals surface area contributed by atoms with Crippen molar-refractivity contribution in [1.82, 2.24) is 20.3 Å². The van der Waals surface area contributed by atoms with Crippen molar-refractivity contribution in [2.24, 2.45) is 0 Å². The van der Waals surface area contributed by atoms with Crippen molar-refractivity contribution in [2.45, 2.75) is 38.8 Å². The van der Waals surface area contributed by atoms with E-state index in [4.69, 9.17) is 0 Å². The number of H-pyrrole nitrogens is 1. The molecule has 0 radical (unpaired) electrons. The Balaban J connectivity index is 2.14. The third-order valence-corrected chi connectivity index (χ3v) is 2.73. The van der Waals surface area contributed by atoms with E-state index in [1.165, 1.54) is 19.4 Å². The van der Waals surface area contributed by atoms with Crippen molar-refractivity contribution < 1.29 is 0 Å². The molecule has 0 aromatic carbocycles. The van der Waals surface area contributed by atoms with E-state index in [1.807, 2.05) is 6.20 Å². The van der Waals surface area contributed by atoms with Gasteiger partial charge in [0.25, 0.3) is 0 Å². The standard InChI is InChI=1S/C9H16N4/c1-7(2)13-5-3-4-9(13)8-6-10-12-11-8/h6-7,9H,3-5H2,1-2H3,(H,10,11,12)/t9-/m0/s1. The minimum absolute atomic E-state index is 0.485. The quantitative estimate of drug-likeness (QED) is 0.747. The molecule has 4 nitrogen and oxygen atoms in total. The molecule has 1 N–H and O–H groups in total. The number of likely N-dealkylation sites (tertiary alicyclic amines) is 1. The lowest BCUT2D eigenvalue weighted by Crippen LogP contribution is -2.30. The van der Waals surface area contributed by atoms with Crippen LogP contribution in [0.25, 0.3) is 0 Å². The molecule has 1 aliphatic heterocycles. The fourth-order valence-corrected chi connectivity index (χ4v) is 2.10. The topological polar surface area (TPSA) is 44.8 Å². The number of nitrogens with zero attached hydrogens (tertiary/aromatic N) is 3. The molecule has 2 heterocycles. The summed E-state index contributed by atoms with van der Waals surface area (Å²) in [5.74, 6) is 0. The molecule has 1 atom stereocenters. The van der Waals surface area contributed by atoms with Gasteiger partial charge >= 0.3 is 0 Å². The van der Waals surface area contributed by atoms with Crippen LogP contribution < -0.4 is 0 Å². The van der Waals surface area contributed by atoms with Gasteiger partial charge < -0.3 is 0 Å². The van der Waals surface area contributed by atoms with Crippen molar-refractivity contribution in [3.8, 4) is 0 Å². The Morgan fingerprint density at radius 1 is 1.62 bits per heavy atom. The molecule has 0 aliphatic carbocycles. The fourth-order valence-electron chi connectivity index (χ4n) is 2.10. The second-order valence-electron chi connectivity index (χ2n) is 3.88. The molecule has 1 aromatic heterocycles. The Labute approximate surface area is 78.3 Å². The Bertz CT molecular complexity index is 255. The lowest BCUT2D eigenvalue weighted by molar-refractivity contribution is 0.202. The van der Waals surface area contributed by atoms with Gasteiger partial charge in [-0.15, -0.1) is 0 Å². The third kappa shape index (κ3) is 1.58. The number of aromatic nitrogens is 3. The van der Waals surface area contributed by atoms with Gasteiger partial charge in [-0.2, -0.15) is 15.4 Å². The first-order valence-corrected chi connectivity index (χ1v) is 4.90. The van der Waals surface area contributed by atoms with Crippen LogP contribution in [0.5, 0.6) is 0 Å². The maximum absolute atomic E-state index is 4.15.